The van der Waals surface area contributed by atoms with Gasteiger partial charge in [-0.1, -0.05) is 22.7 Å². The van der Waals surface area contributed by atoms with E-state index in [9.17, 15) is 9.59 Å². The zero-order valence-electron chi connectivity index (χ0n) is 16.2. The molecule has 3 aliphatic heterocycles. The van der Waals surface area contributed by atoms with Crippen molar-refractivity contribution in [2.45, 2.75) is 31.7 Å². The molecule has 2 amide bonds. The van der Waals surface area contributed by atoms with Gasteiger partial charge in [0.05, 0.1) is 41.6 Å². The van der Waals surface area contributed by atoms with Gasteiger partial charge in [0.2, 0.25) is 11.8 Å². The topological polar surface area (TPSA) is 88.5 Å². The Hall–Kier alpha value is -2.65. The predicted molar refractivity (Wildman–Crippen MR) is 104 cm³/mol. The number of aromatic nitrogens is 3. The quantitative estimate of drug-likeness (QED) is 0.687. The van der Waals surface area contributed by atoms with Crippen LogP contribution in [0, 0.1) is 18.8 Å². The summed E-state index contributed by atoms with van der Waals surface area (Å²) in [5, 5.41) is 4.01. The van der Waals surface area contributed by atoms with E-state index in [0.717, 1.165) is 16.1 Å². The molecule has 150 valence electrons. The van der Waals surface area contributed by atoms with Crippen molar-refractivity contribution >= 4 is 23.3 Å². The molecular formula is C20H21N5O3S. The molecule has 0 unspecified atom stereocenters. The molecule has 8 nitrogen and oxygen atoms in total. The van der Waals surface area contributed by atoms with Gasteiger partial charge >= 0.3 is 0 Å². The molecule has 0 aliphatic carbocycles. The van der Waals surface area contributed by atoms with Crippen LogP contribution in [-0.4, -0.2) is 61.5 Å². The molecule has 2 aromatic rings. The Morgan fingerprint density at radius 2 is 2.34 bits per heavy atom. The van der Waals surface area contributed by atoms with Gasteiger partial charge in [0.25, 0.3) is 0 Å². The summed E-state index contributed by atoms with van der Waals surface area (Å²) in [4.78, 5) is 35.1. The Balaban J connectivity index is 1.37. The number of nitrogens with zero attached hydrogens (tertiary/aromatic N) is 5. The first-order valence-corrected chi connectivity index (χ1v) is 10.3. The normalized spacial score (nSPS) is 29.5. The van der Waals surface area contributed by atoms with E-state index in [2.05, 4.69) is 14.6 Å². The van der Waals surface area contributed by atoms with Crippen molar-refractivity contribution < 1.29 is 14.3 Å². The summed E-state index contributed by atoms with van der Waals surface area (Å²) in [5.74, 6) is -1.08. The first-order valence-electron chi connectivity index (χ1n) is 9.56. The summed E-state index contributed by atoms with van der Waals surface area (Å²) in [6, 6.07) is 3.80. The summed E-state index contributed by atoms with van der Waals surface area (Å²) in [7, 11) is 1.76. The number of hydrogen-bond acceptors (Lipinski definition) is 7. The highest BCUT2D eigenvalue weighted by atomic mass is 32.1. The fourth-order valence-corrected chi connectivity index (χ4v) is 5.34. The van der Waals surface area contributed by atoms with Crippen LogP contribution in [-0.2, 0) is 27.4 Å². The van der Waals surface area contributed by atoms with Crippen molar-refractivity contribution in [3.8, 4) is 0 Å². The summed E-state index contributed by atoms with van der Waals surface area (Å²) in [5.41, 5.74) is 1.09. The van der Waals surface area contributed by atoms with Crippen molar-refractivity contribution in [3.63, 3.8) is 0 Å². The maximum absolute atomic E-state index is 13.3. The maximum atomic E-state index is 13.3. The van der Waals surface area contributed by atoms with Gasteiger partial charge in [0.15, 0.2) is 0 Å². The Morgan fingerprint density at radius 1 is 1.48 bits per heavy atom. The van der Waals surface area contributed by atoms with Gasteiger partial charge in [-0.15, -0.1) is 5.10 Å². The third-order valence-electron chi connectivity index (χ3n) is 6.06. The number of ether oxygens (including phenoxy) is 1. The van der Waals surface area contributed by atoms with E-state index in [1.807, 2.05) is 31.2 Å². The average Bonchev–Trinajstić information content (AvgIpc) is 3.45. The minimum absolute atomic E-state index is 0.0249. The highest BCUT2D eigenvalue weighted by Gasteiger charge is 2.67. The van der Waals surface area contributed by atoms with Crippen LogP contribution in [0.5, 0.6) is 0 Å². The molecule has 2 fully saturated rings. The van der Waals surface area contributed by atoms with Crippen LogP contribution in [0.4, 0.5) is 0 Å². The van der Waals surface area contributed by atoms with Crippen LogP contribution in [0.15, 0.2) is 36.7 Å². The van der Waals surface area contributed by atoms with Gasteiger partial charge < -0.3 is 14.5 Å². The highest BCUT2D eigenvalue weighted by Crippen LogP contribution is 2.52. The van der Waals surface area contributed by atoms with Crippen LogP contribution in [0.2, 0.25) is 0 Å². The summed E-state index contributed by atoms with van der Waals surface area (Å²) < 4.78 is 10.1. The minimum Gasteiger partial charge on any atom is -0.360 e. The molecule has 5 rings (SSSR count). The maximum Gasteiger partial charge on any atom is 0.230 e. The second-order valence-electron chi connectivity index (χ2n) is 7.93. The van der Waals surface area contributed by atoms with Crippen LogP contribution in [0.3, 0.4) is 0 Å². The van der Waals surface area contributed by atoms with Gasteiger partial charge in [0.1, 0.15) is 5.60 Å². The highest BCUT2D eigenvalue weighted by molar-refractivity contribution is 7.05. The first-order chi connectivity index (χ1) is 14.0. The number of likely N-dealkylation sites (tertiary alicyclic amines) is 1. The van der Waals surface area contributed by atoms with E-state index in [4.69, 9.17) is 4.74 Å². The van der Waals surface area contributed by atoms with Gasteiger partial charge in [-0.05, 0) is 30.1 Å². The molecule has 9 heteroatoms. The molecule has 0 radical (unpaired) electrons. The number of pyridine rings is 1. The third-order valence-corrected chi connectivity index (χ3v) is 6.87. The predicted octanol–water partition coefficient (Wildman–Crippen LogP) is 1.18. The molecular weight excluding hydrogens is 390 g/mol. The Morgan fingerprint density at radius 3 is 3.07 bits per heavy atom. The SMILES string of the molecule is Cc1nnsc1CN(C)C(=O)[C@H]1[C@@H]2C=C[C@@]3(CN(Cc4cccnc4)C(=O)[C@H]13)O2. The third kappa shape index (κ3) is 2.87. The molecule has 2 aromatic heterocycles. The summed E-state index contributed by atoms with van der Waals surface area (Å²) >= 11 is 1.29. The summed E-state index contributed by atoms with van der Waals surface area (Å²) in [6.45, 7) is 3.24. The first kappa shape index (κ1) is 18.4. The fourth-order valence-electron chi connectivity index (χ4n) is 4.65. The van der Waals surface area contributed by atoms with Crippen LogP contribution in [0.1, 0.15) is 16.1 Å². The standard InChI is InChI=1S/C20H21N5O3S/c1-12-15(29-23-22-12)10-24(2)18(26)16-14-5-6-20(28-14)11-25(19(27)17(16)20)9-13-4-3-7-21-8-13/h3-8,14,16-17H,9-11H2,1-2H3/t14-,16-,17-,20-/m0/s1. The molecule has 2 bridgehead atoms. The zero-order valence-corrected chi connectivity index (χ0v) is 17.0. The Bertz CT molecular complexity index is 993. The van der Waals surface area contributed by atoms with Crippen molar-refractivity contribution in [1.29, 1.82) is 0 Å². The summed E-state index contributed by atoms with van der Waals surface area (Å²) in [6.07, 6.45) is 7.04. The van der Waals surface area contributed by atoms with Crippen molar-refractivity contribution in [3.05, 3.63) is 52.8 Å². The van der Waals surface area contributed by atoms with Crippen LogP contribution >= 0.6 is 11.5 Å². The molecule has 5 heterocycles. The minimum atomic E-state index is -0.701. The average molecular weight is 411 g/mol. The smallest absolute Gasteiger partial charge is 0.230 e. The number of hydrogen-bond donors (Lipinski definition) is 0. The number of fused-ring (bicyclic) bond motifs is 1. The second kappa shape index (κ2) is 6.70. The number of rotatable bonds is 5. The van der Waals surface area contributed by atoms with E-state index in [-0.39, 0.29) is 17.9 Å². The lowest BCUT2D eigenvalue weighted by Crippen LogP contribution is -2.44. The van der Waals surface area contributed by atoms with E-state index >= 15 is 0 Å². The molecule has 0 N–H and O–H groups in total. The number of carbonyl (C=O) groups excluding carboxylic acids is 2. The van der Waals surface area contributed by atoms with E-state index in [1.165, 1.54) is 11.5 Å². The lowest BCUT2D eigenvalue weighted by molar-refractivity contribution is -0.142. The fraction of sp³-hybridized carbons (Fsp3) is 0.450. The van der Waals surface area contributed by atoms with Crippen LogP contribution < -0.4 is 0 Å². The second-order valence-corrected chi connectivity index (χ2v) is 8.77. The van der Waals surface area contributed by atoms with Gasteiger partial charge in [0, 0.05) is 26.0 Å². The number of carbonyl (C=O) groups is 2. The van der Waals surface area contributed by atoms with Crippen LogP contribution in [0.25, 0.3) is 0 Å². The molecule has 29 heavy (non-hydrogen) atoms. The van der Waals surface area contributed by atoms with Gasteiger partial charge in [-0.25, -0.2) is 0 Å². The molecule has 4 atom stereocenters. The van der Waals surface area contributed by atoms with Crippen molar-refractivity contribution in [1.82, 2.24) is 24.4 Å². The Kier molecular flexibility index (Phi) is 4.25. The largest absolute Gasteiger partial charge is 0.360 e. The number of amides is 2. The van der Waals surface area contributed by atoms with Gasteiger partial charge in [-0.3, -0.25) is 14.6 Å². The van der Waals surface area contributed by atoms with Crippen molar-refractivity contribution in [2.24, 2.45) is 11.8 Å². The lowest BCUT2D eigenvalue weighted by atomic mass is 9.76. The van der Waals surface area contributed by atoms with E-state index in [1.54, 1.807) is 29.2 Å². The zero-order chi connectivity index (χ0) is 20.2. The molecule has 0 saturated carbocycles. The van der Waals surface area contributed by atoms with Gasteiger partial charge in [-0.2, -0.15) is 0 Å². The monoisotopic (exact) mass is 411 g/mol. The molecule has 3 aliphatic rings. The molecule has 1 spiro atoms. The van der Waals surface area contributed by atoms with E-state index in [0.29, 0.717) is 19.6 Å². The Labute approximate surface area is 172 Å². The number of aryl methyl sites for hydroxylation is 1. The lowest BCUT2D eigenvalue weighted by Gasteiger charge is -2.27. The van der Waals surface area contributed by atoms with Crippen molar-refractivity contribution in [2.75, 3.05) is 13.6 Å². The molecule has 0 aromatic carbocycles. The van der Waals surface area contributed by atoms with E-state index < -0.39 is 17.4 Å². The molecule has 2 saturated heterocycles.